The van der Waals surface area contributed by atoms with Crippen molar-refractivity contribution in [3.05, 3.63) is 77.9 Å². The summed E-state index contributed by atoms with van der Waals surface area (Å²) in [5, 5.41) is 0. The Kier molecular flexibility index (Phi) is 5.37. The van der Waals surface area contributed by atoms with Crippen LogP contribution in [0.2, 0.25) is 0 Å². The largest absolute Gasteiger partial charge is 0.295 e. The smallest absolute Gasteiger partial charge is 0.156 e. The molecule has 2 aromatic carbocycles. The highest BCUT2D eigenvalue weighted by atomic mass is 16.1. The Morgan fingerprint density at radius 2 is 1.60 bits per heavy atom. The van der Waals surface area contributed by atoms with Gasteiger partial charge in [-0.1, -0.05) is 66.4 Å². The summed E-state index contributed by atoms with van der Waals surface area (Å²) in [5.41, 5.74) is 2.02. The third-order valence-electron chi connectivity index (χ3n) is 2.76. The van der Waals surface area contributed by atoms with Gasteiger partial charge in [-0.05, 0) is 23.8 Å². The third kappa shape index (κ3) is 4.96. The summed E-state index contributed by atoms with van der Waals surface area (Å²) >= 11 is 0. The van der Waals surface area contributed by atoms with Crippen LogP contribution in [-0.4, -0.2) is 5.78 Å². The molecule has 0 atom stereocenters. The molecule has 0 fully saturated rings. The molecule has 0 bridgehead atoms. The Hall–Kier alpha value is -2.59. The highest BCUT2D eigenvalue weighted by Gasteiger charge is 1.94. The van der Waals surface area contributed by atoms with Crippen LogP contribution in [0.5, 0.6) is 0 Å². The lowest BCUT2D eigenvalue weighted by Gasteiger charge is -1.92. The number of hydrogen-bond donors (Lipinski definition) is 0. The first-order valence-electron chi connectivity index (χ1n) is 6.64. The molecule has 0 amide bonds. The van der Waals surface area contributed by atoms with Gasteiger partial charge in [-0.3, -0.25) is 4.79 Å². The van der Waals surface area contributed by atoms with E-state index >= 15 is 0 Å². The Bertz CT molecular complexity index is 628. The van der Waals surface area contributed by atoms with E-state index in [9.17, 15) is 4.79 Å². The lowest BCUT2D eigenvalue weighted by Crippen LogP contribution is -1.90. The number of hydrogen-bond acceptors (Lipinski definition) is 1. The van der Waals surface area contributed by atoms with Crippen molar-refractivity contribution >= 4 is 11.9 Å². The molecule has 0 unspecified atom stereocenters. The third-order valence-corrected chi connectivity index (χ3v) is 2.76. The highest BCUT2D eigenvalue weighted by Crippen LogP contribution is 2.02. The van der Waals surface area contributed by atoms with E-state index in [1.165, 1.54) is 0 Å². The summed E-state index contributed by atoms with van der Waals surface area (Å²) in [6, 6.07) is 19.6. The maximum absolute atomic E-state index is 11.7. The van der Waals surface area contributed by atoms with Gasteiger partial charge in [-0.25, -0.2) is 0 Å². The summed E-state index contributed by atoms with van der Waals surface area (Å²) in [4.78, 5) is 11.7. The summed E-state index contributed by atoms with van der Waals surface area (Å²) in [6.45, 7) is 0. The fourth-order valence-electron chi connectivity index (χ4n) is 1.71. The zero-order valence-electron chi connectivity index (χ0n) is 11.3. The van der Waals surface area contributed by atoms with Gasteiger partial charge in [0.25, 0.3) is 0 Å². The normalized spacial score (nSPS) is 10.0. The molecular weight excluding hydrogens is 244 g/mol. The number of benzene rings is 2. The fraction of sp³-hybridized carbons (Fsp3) is 0.105. The average molecular weight is 260 g/mol. The highest BCUT2D eigenvalue weighted by molar-refractivity contribution is 5.93. The van der Waals surface area contributed by atoms with E-state index in [2.05, 4.69) is 11.8 Å². The molecule has 2 rings (SSSR count). The van der Waals surface area contributed by atoms with Gasteiger partial charge in [0.05, 0.1) is 0 Å². The predicted octanol–water partition coefficient (Wildman–Crippen LogP) is 4.10. The number of rotatable bonds is 4. The van der Waals surface area contributed by atoms with Crippen LogP contribution in [0, 0.1) is 11.8 Å². The molecule has 0 radical (unpaired) electrons. The molecule has 0 N–H and O–H groups in total. The summed E-state index contributed by atoms with van der Waals surface area (Å²) in [6.07, 6.45) is 4.52. The zero-order valence-corrected chi connectivity index (χ0v) is 11.3. The van der Waals surface area contributed by atoms with E-state index in [1.807, 2.05) is 66.7 Å². The van der Waals surface area contributed by atoms with Crippen molar-refractivity contribution in [2.24, 2.45) is 0 Å². The minimum Gasteiger partial charge on any atom is -0.295 e. The van der Waals surface area contributed by atoms with E-state index in [1.54, 1.807) is 6.08 Å². The molecule has 98 valence electrons. The molecule has 20 heavy (non-hydrogen) atoms. The number of carbonyl (C=O) groups excluding carboxylic acids is 1. The first-order valence-corrected chi connectivity index (χ1v) is 6.64. The molecule has 1 nitrogen and oxygen atoms in total. The molecule has 0 aliphatic carbocycles. The maximum atomic E-state index is 11.7. The van der Waals surface area contributed by atoms with Gasteiger partial charge in [0.2, 0.25) is 0 Å². The minimum atomic E-state index is 0.108. The molecule has 0 saturated heterocycles. The van der Waals surface area contributed by atoms with Gasteiger partial charge in [0.1, 0.15) is 0 Å². The molecule has 0 aliphatic rings. The van der Waals surface area contributed by atoms with E-state index in [4.69, 9.17) is 0 Å². The Labute approximate surface area is 120 Å². The molecule has 1 heteroatoms. The van der Waals surface area contributed by atoms with E-state index < -0.39 is 0 Å². The second-order valence-corrected chi connectivity index (χ2v) is 4.38. The van der Waals surface area contributed by atoms with Gasteiger partial charge >= 0.3 is 0 Å². The number of carbonyl (C=O) groups is 1. The second kappa shape index (κ2) is 7.76. The van der Waals surface area contributed by atoms with Crippen molar-refractivity contribution in [3.8, 4) is 11.8 Å². The van der Waals surface area contributed by atoms with E-state index in [-0.39, 0.29) is 5.78 Å². The van der Waals surface area contributed by atoms with Crippen LogP contribution in [0.1, 0.15) is 24.0 Å². The molecular formula is C19H16O. The minimum absolute atomic E-state index is 0.108. The molecule has 0 heterocycles. The molecule has 2 aromatic rings. The maximum Gasteiger partial charge on any atom is 0.156 e. The number of ketones is 1. The van der Waals surface area contributed by atoms with Crippen molar-refractivity contribution in [2.45, 2.75) is 12.8 Å². The molecule has 0 aromatic heterocycles. The molecule has 0 saturated carbocycles. The second-order valence-electron chi connectivity index (χ2n) is 4.38. The van der Waals surface area contributed by atoms with Gasteiger partial charge in [-0.2, -0.15) is 0 Å². The van der Waals surface area contributed by atoms with Crippen LogP contribution in [0.25, 0.3) is 6.08 Å². The van der Waals surface area contributed by atoms with Crippen LogP contribution < -0.4 is 0 Å². The van der Waals surface area contributed by atoms with Gasteiger partial charge in [0.15, 0.2) is 5.78 Å². The summed E-state index contributed by atoms with van der Waals surface area (Å²) in [5.74, 6) is 6.18. The lowest BCUT2D eigenvalue weighted by molar-refractivity contribution is -0.114. The quantitative estimate of drug-likeness (QED) is 0.597. The van der Waals surface area contributed by atoms with Crippen LogP contribution in [0.3, 0.4) is 0 Å². The van der Waals surface area contributed by atoms with Crippen LogP contribution in [-0.2, 0) is 4.79 Å². The standard InChI is InChI=1S/C19H16O/c20-19(16-15-18-11-5-2-6-12-18)14-8-7-13-17-9-3-1-4-10-17/h1-6,9-12,15-16H,8,14H2/b16-15+. The first kappa shape index (κ1) is 13.8. The summed E-state index contributed by atoms with van der Waals surface area (Å²) in [7, 11) is 0. The van der Waals surface area contributed by atoms with Gasteiger partial charge in [-0.15, -0.1) is 0 Å². The number of allylic oxidation sites excluding steroid dienone is 1. The Balaban J connectivity index is 1.79. The van der Waals surface area contributed by atoms with Crippen molar-refractivity contribution < 1.29 is 4.79 Å². The van der Waals surface area contributed by atoms with E-state index in [0.29, 0.717) is 12.8 Å². The first-order chi connectivity index (χ1) is 9.84. The van der Waals surface area contributed by atoms with Gasteiger partial charge in [0, 0.05) is 18.4 Å². The van der Waals surface area contributed by atoms with Crippen LogP contribution in [0.4, 0.5) is 0 Å². The Morgan fingerprint density at radius 3 is 2.30 bits per heavy atom. The van der Waals surface area contributed by atoms with Crippen molar-refractivity contribution in [3.63, 3.8) is 0 Å². The van der Waals surface area contributed by atoms with E-state index in [0.717, 1.165) is 11.1 Å². The van der Waals surface area contributed by atoms with Crippen molar-refractivity contribution in [2.75, 3.05) is 0 Å². The van der Waals surface area contributed by atoms with Crippen LogP contribution in [0.15, 0.2) is 66.7 Å². The average Bonchev–Trinajstić information content (AvgIpc) is 2.52. The van der Waals surface area contributed by atoms with Gasteiger partial charge < -0.3 is 0 Å². The topological polar surface area (TPSA) is 17.1 Å². The summed E-state index contributed by atoms with van der Waals surface area (Å²) < 4.78 is 0. The SMILES string of the molecule is O=C(/C=C/c1ccccc1)CCC#Cc1ccccc1. The monoisotopic (exact) mass is 260 g/mol. The lowest BCUT2D eigenvalue weighted by atomic mass is 10.1. The zero-order chi connectivity index (χ0) is 14.0. The van der Waals surface area contributed by atoms with Crippen LogP contribution >= 0.6 is 0 Å². The molecule has 0 aliphatic heterocycles. The Morgan fingerprint density at radius 1 is 0.950 bits per heavy atom. The fourth-order valence-corrected chi connectivity index (χ4v) is 1.71. The van der Waals surface area contributed by atoms with Crippen molar-refractivity contribution in [1.82, 2.24) is 0 Å². The van der Waals surface area contributed by atoms with Crippen molar-refractivity contribution in [1.29, 1.82) is 0 Å². The molecule has 0 spiro atoms. The predicted molar refractivity (Wildman–Crippen MR) is 83.0 cm³/mol.